The van der Waals surface area contributed by atoms with Crippen LogP contribution in [-0.2, 0) is 0 Å². The van der Waals surface area contributed by atoms with Crippen molar-refractivity contribution in [2.45, 2.75) is 64.1 Å². The molecule has 0 heterocycles. The second-order valence-electron chi connectivity index (χ2n) is 8.67. The summed E-state index contributed by atoms with van der Waals surface area (Å²) in [5, 5.41) is 0.204. The lowest BCUT2D eigenvalue weighted by atomic mass is 9.63. The fourth-order valence-corrected chi connectivity index (χ4v) is 5.44. The first-order valence-corrected chi connectivity index (χ1v) is 10.4. The average Bonchev–Trinajstić information content (AvgIpc) is 2.67. The second kappa shape index (κ2) is 7.77. The summed E-state index contributed by atoms with van der Waals surface area (Å²) in [5.41, 5.74) is 0.815. The van der Waals surface area contributed by atoms with E-state index in [1.54, 1.807) is 6.07 Å². The maximum Gasteiger partial charge on any atom is 0.573 e. The van der Waals surface area contributed by atoms with Crippen LogP contribution in [0.4, 0.5) is 22.0 Å². The fourth-order valence-electron chi connectivity index (χ4n) is 5.44. The van der Waals surface area contributed by atoms with Gasteiger partial charge in [0, 0.05) is 5.39 Å². The van der Waals surface area contributed by atoms with E-state index in [0.717, 1.165) is 48.8 Å². The molecule has 2 aliphatic carbocycles. The van der Waals surface area contributed by atoms with E-state index in [0.29, 0.717) is 5.92 Å². The molecule has 0 aromatic heterocycles. The molecule has 2 aliphatic rings. The molecule has 0 amide bonds. The second-order valence-corrected chi connectivity index (χ2v) is 8.67. The van der Waals surface area contributed by atoms with Crippen molar-refractivity contribution in [3.8, 4) is 5.75 Å². The number of benzene rings is 2. The van der Waals surface area contributed by atoms with Crippen LogP contribution in [0.3, 0.4) is 0 Å². The lowest BCUT2D eigenvalue weighted by Crippen LogP contribution is -2.30. The smallest absolute Gasteiger partial charge is 0.403 e. The van der Waals surface area contributed by atoms with Crippen LogP contribution in [0, 0.1) is 29.4 Å². The average molecular weight is 412 g/mol. The quantitative estimate of drug-likeness (QED) is 0.469. The van der Waals surface area contributed by atoms with Crippen LogP contribution in [0.25, 0.3) is 10.8 Å². The van der Waals surface area contributed by atoms with Crippen LogP contribution < -0.4 is 4.74 Å². The van der Waals surface area contributed by atoms with Gasteiger partial charge in [-0.3, -0.25) is 0 Å². The highest BCUT2D eigenvalue weighted by molar-refractivity contribution is 5.85. The highest BCUT2D eigenvalue weighted by atomic mass is 19.4. The van der Waals surface area contributed by atoms with E-state index >= 15 is 0 Å². The lowest BCUT2D eigenvalue weighted by molar-refractivity contribution is -0.275. The van der Waals surface area contributed by atoms with Crippen LogP contribution >= 0.6 is 0 Å². The van der Waals surface area contributed by atoms with Gasteiger partial charge in [0.2, 0.25) is 0 Å². The number of halogens is 5. The van der Waals surface area contributed by atoms with E-state index in [-0.39, 0.29) is 16.7 Å². The first kappa shape index (κ1) is 20.4. The van der Waals surface area contributed by atoms with Gasteiger partial charge >= 0.3 is 6.36 Å². The molecule has 2 saturated carbocycles. The Kier molecular flexibility index (Phi) is 5.47. The summed E-state index contributed by atoms with van der Waals surface area (Å²) in [7, 11) is 0. The van der Waals surface area contributed by atoms with Crippen LogP contribution in [-0.4, -0.2) is 6.36 Å². The minimum atomic E-state index is -5.03. The van der Waals surface area contributed by atoms with E-state index < -0.39 is 23.7 Å². The van der Waals surface area contributed by atoms with E-state index in [2.05, 4.69) is 11.7 Å². The van der Waals surface area contributed by atoms with E-state index in [1.807, 2.05) is 0 Å². The van der Waals surface area contributed by atoms with Crippen molar-refractivity contribution < 1.29 is 26.7 Å². The van der Waals surface area contributed by atoms with E-state index in [4.69, 9.17) is 0 Å². The number of alkyl halides is 3. The molecule has 2 aromatic carbocycles. The maximum absolute atomic E-state index is 14.7. The van der Waals surface area contributed by atoms with Gasteiger partial charge in [-0.25, -0.2) is 8.78 Å². The molecule has 0 N–H and O–H groups in total. The zero-order chi connectivity index (χ0) is 20.8. The van der Waals surface area contributed by atoms with Gasteiger partial charge in [-0.1, -0.05) is 25.8 Å². The van der Waals surface area contributed by atoms with Crippen molar-refractivity contribution >= 4 is 10.8 Å². The minimum Gasteiger partial charge on any atom is -0.403 e. The van der Waals surface area contributed by atoms with Gasteiger partial charge in [0.05, 0.1) is 0 Å². The Bertz CT molecular complexity index is 891. The molecule has 0 radical (unpaired) electrons. The number of ether oxygens (including phenoxy) is 1. The van der Waals surface area contributed by atoms with E-state index in [9.17, 15) is 22.0 Å². The number of hydrogen-bond donors (Lipinski definition) is 0. The third-order valence-electron chi connectivity index (χ3n) is 6.97. The Balaban J connectivity index is 1.58. The molecule has 0 saturated heterocycles. The molecule has 0 spiro atoms. The number of rotatable bonds is 3. The molecule has 1 nitrogen and oxygen atoms in total. The molecular formula is C23H25F5O. The van der Waals surface area contributed by atoms with Gasteiger partial charge in [0.15, 0.2) is 11.6 Å². The Morgan fingerprint density at radius 3 is 2.34 bits per heavy atom. The molecule has 4 atom stereocenters. The van der Waals surface area contributed by atoms with Gasteiger partial charge in [0.25, 0.3) is 0 Å². The largest absolute Gasteiger partial charge is 0.573 e. The van der Waals surface area contributed by atoms with Crippen molar-refractivity contribution in [3.63, 3.8) is 0 Å². The van der Waals surface area contributed by atoms with Crippen LogP contribution in [0.15, 0.2) is 24.3 Å². The van der Waals surface area contributed by atoms with Crippen molar-refractivity contribution in [1.82, 2.24) is 0 Å². The molecule has 29 heavy (non-hydrogen) atoms. The molecule has 2 aromatic rings. The lowest BCUT2D eigenvalue weighted by Gasteiger charge is -2.42. The van der Waals surface area contributed by atoms with Gasteiger partial charge in [-0.2, -0.15) is 0 Å². The summed E-state index contributed by atoms with van der Waals surface area (Å²) < 4.78 is 69.8. The summed E-state index contributed by atoms with van der Waals surface area (Å²) in [6, 6.07) is 4.85. The molecule has 2 unspecified atom stereocenters. The van der Waals surface area contributed by atoms with Gasteiger partial charge in [-0.05, 0) is 84.9 Å². The summed E-state index contributed by atoms with van der Waals surface area (Å²) in [4.78, 5) is 0. The predicted octanol–water partition coefficient (Wildman–Crippen LogP) is 7.73. The molecule has 0 aliphatic heterocycles. The number of fused-ring (bicyclic) bond motifs is 2. The summed E-state index contributed by atoms with van der Waals surface area (Å²) in [5.74, 6) is -0.368. The first-order valence-electron chi connectivity index (χ1n) is 10.4. The van der Waals surface area contributed by atoms with Gasteiger partial charge in [0.1, 0.15) is 5.82 Å². The summed E-state index contributed by atoms with van der Waals surface area (Å²) in [6.07, 6.45) is 3.05. The molecule has 6 heteroatoms. The third kappa shape index (κ3) is 4.36. The van der Waals surface area contributed by atoms with Crippen molar-refractivity contribution in [2.75, 3.05) is 0 Å². The predicted molar refractivity (Wildman–Crippen MR) is 102 cm³/mol. The third-order valence-corrected chi connectivity index (χ3v) is 6.97. The zero-order valence-electron chi connectivity index (χ0n) is 16.4. The van der Waals surface area contributed by atoms with Crippen LogP contribution in [0.5, 0.6) is 5.75 Å². The van der Waals surface area contributed by atoms with Crippen molar-refractivity contribution in [2.24, 2.45) is 17.8 Å². The highest BCUT2D eigenvalue weighted by Gasteiger charge is 2.36. The molecule has 2 fully saturated rings. The first-order chi connectivity index (χ1) is 13.7. The Labute approximate surface area is 167 Å². The van der Waals surface area contributed by atoms with Crippen LogP contribution in [0.1, 0.15) is 63.4 Å². The highest BCUT2D eigenvalue weighted by Crippen LogP contribution is 2.48. The van der Waals surface area contributed by atoms with Gasteiger partial charge in [-0.15, -0.1) is 13.2 Å². The van der Waals surface area contributed by atoms with Crippen molar-refractivity contribution in [3.05, 3.63) is 41.5 Å². The number of hydrogen-bond acceptors (Lipinski definition) is 1. The maximum atomic E-state index is 14.7. The normalized spacial score (nSPS) is 27.7. The Morgan fingerprint density at radius 1 is 0.897 bits per heavy atom. The molecule has 0 bridgehead atoms. The Hall–Kier alpha value is -1.85. The topological polar surface area (TPSA) is 9.23 Å². The van der Waals surface area contributed by atoms with E-state index in [1.165, 1.54) is 31.7 Å². The van der Waals surface area contributed by atoms with Gasteiger partial charge < -0.3 is 4.74 Å². The zero-order valence-corrected chi connectivity index (χ0v) is 16.4. The fraction of sp³-hybridized carbons (Fsp3) is 0.565. The minimum absolute atomic E-state index is 0.0634. The van der Waals surface area contributed by atoms with Crippen LogP contribution in [0.2, 0.25) is 0 Å². The monoisotopic (exact) mass is 412 g/mol. The SMILES string of the molecule is CC[C@@H]1CC[C@@H]2CC(c3cc(F)c4cc(OC(F)(F)F)c(F)cc4c3)CCC2C1. The summed E-state index contributed by atoms with van der Waals surface area (Å²) >= 11 is 0. The van der Waals surface area contributed by atoms with Crippen molar-refractivity contribution in [1.29, 1.82) is 0 Å². The molecule has 158 valence electrons. The standard InChI is InChI=1S/C23H25F5O/c1-2-13-3-4-15-8-16(6-5-14(15)7-13)17-9-18-11-21(25)22(29-23(26,27)28)12-19(18)20(24)10-17/h9-16H,2-8H2,1H3/t13-,14?,15-,16?/m1/s1. The molecule has 4 rings (SSSR count). The molecular weight excluding hydrogens is 387 g/mol. The Morgan fingerprint density at radius 2 is 1.62 bits per heavy atom. The summed E-state index contributed by atoms with van der Waals surface area (Å²) in [6.45, 7) is 2.25.